The predicted octanol–water partition coefficient (Wildman–Crippen LogP) is 6.05. The van der Waals surface area contributed by atoms with Gasteiger partial charge in [0.15, 0.2) is 11.4 Å². The smallest absolute Gasteiger partial charge is 0.168 e. The first-order chi connectivity index (χ1) is 13.6. The Morgan fingerprint density at radius 2 is 1.71 bits per heavy atom. The molecular weight excluding hydrogens is 353 g/mol. The zero-order chi connectivity index (χ0) is 20.1. The SMILES string of the molecule is CCCCC(CCCC)C(=O)c1c(C)n(-c2ccc(F)cc2)c2nnccc12. The van der Waals surface area contributed by atoms with E-state index < -0.39 is 0 Å². The van der Waals surface area contributed by atoms with Crippen LogP contribution in [0, 0.1) is 18.7 Å². The van der Waals surface area contributed by atoms with Crippen LogP contribution in [-0.4, -0.2) is 20.5 Å². The van der Waals surface area contributed by atoms with E-state index in [2.05, 4.69) is 24.0 Å². The van der Waals surface area contributed by atoms with Gasteiger partial charge in [0.2, 0.25) is 0 Å². The lowest BCUT2D eigenvalue weighted by atomic mass is 9.87. The molecule has 0 atom stereocenters. The lowest BCUT2D eigenvalue weighted by Crippen LogP contribution is -2.16. The Morgan fingerprint density at radius 1 is 1.07 bits per heavy atom. The molecular formula is C23H28FN3O. The fourth-order valence-corrected chi connectivity index (χ4v) is 3.88. The van der Waals surface area contributed by atoms with Gasteiger partial charge in [-0.2, -0.15) is 5.10 Å². The average Bonchev–Trinajstić information content (AvgIpc) is 3.00. The van der Waals surface area contributed by atoms with Crippen LogP contribution < -0.4 is 0 Å². The van der Waals surface area contributed by atoms with Gasteiger partial charge in [-0.3, -0.25) is 9.36 Å². The van der Waals surface area contributed by atoms with Gasteiger partial charge >= 0.3 is 0 Å². The Hall–Kier alpha value is -2.56. The molecule has 0 bridgehead atoms. The Kier molecular flexibility index (Phi) is 6.55. The number of aromatic nitrogens is 3. The number of nitrogens with zero attached hydrogens (tertiary/aromatic N) is 3. The topological polar surface area (TPSA) is 47.8 Å². The van der Waals surface area contributed by atoms with Crippen LogP contribution in [0.4, 0.5) is 4.39 Å². The summed E-state index contributed by atoms with van der Waals surface area (Å²) < 4.78 is 15.3. The lowest BCUT2D eigenvalue weighted by Gasteiger charge is -2.16. The summed E-state index contributed by atoms with van der Waals surface area (Å²) in [6.45, 7) is 6.25. The van der Waals surface area contributed by atoms with Crippen molar-refractivity contribution in [3.63, 3.8) is 0 Å². The third kappa shape index (κ3) is 3.98. The first-order valence-electron chi connectivity index (χ1n) is 10.2. The first kappa shape index (κ1) is 20.2. The number of hydrogen-bond acceptors (Lipinski definition) is 3. The van der Waals surface area contributed by atoms with Crippen molar-refractivity contribution in [1.82, 2.24) is 14.8 Å². The number of ketones is 1. The van der Waals surface area contributed by atoms with E-state index in [-0.39, 0.29) is 17.5 Å². The van der Waals surface area contributed by atoms with Crippen molar-refractivity contribution in [3.8, 4) is 5.69 Å². The quantitative estimate of drug-likeness (QED) is 0.424. The summed E-state index contributed by atoms with van der Waals surface area (Å²) in [6, 6.07) is 8.11. The largest absolute Gasteiger partial charge is 0.296 e. The highest BCUT2D eigenvalue weighted by atomic mass is 19.1. The van der Waals surface area contributed by atoms with E-state index >= 15 is 0 Å². The summed E-state index contributed by atoms with van der Waals surface area (Å²) in [4.78, 5) is 13.6. The van der Waals surface area contributed by atoms with Crippen molar-refractivity contribution in [3.05, 3.63) is 53.6 Å². The van der Waals surface area contributed by atoms with Crippen molar-refractivity contribution in [2.75, 3.05) is 0 Å². The van der Waals surface area contributed by atoms with E-state index in [9.17, 15) is 9.18 Å². The molecule has 0 fully saturated rings. The molecule has 28 heavy (non-hydrogen) atoms. The lowest BCUT2D eigenvalue weighted by molar-refractivity contribution is 0.0903. The second-order valence-corrected chi connectivity index (χ2v) is 7.39. The highest BCUT2D eigenvalue weighted by Gasteiger charge is 2.27. The van der Waals surface area contributed by atoms with Gasteiger partial charge < -0.3 is 0 Å². The Labute approximate surface area is 165 Å². The molecule has 2 heterocycles. The van der Waals surface area contributed by atoms with Crippen LogP contribution >= 0.6 is 0 Å². The number of carbonyl (C=O) groups excluding carboxylic acids is 1. The molecule has 0 amide bonds. The Bertz CT molecular complexity index is 938. The standard InChI is InChI=1S/C23H28FN3O/c1-4-6-8-17(9-7-5-2)22(28)21-16(3)27(19-12-10-18(24)11-13-19)23-20(21)14-15-25-26-23/h10-15,17H,4-9H2,1-3H3. The molecule has 4 nitrogen and oxygen atoms in total. The number of benzene rings is 1. The van der Waals surface area contributed by atoms with Gasteiger partial charge in [0.25, 0.3) is 0 Å². The second kappa shape index (κ2) is 9.09. The molecule has 0 N–H and O–H groups in total. The summed E-state index contributed by atoms with van der Waals surface area (Å²) >= 11 is 0. The third-order valence-corrected chi connectivity index (χ3v) is 5.39. The maximum atomic E-state index is 13.6. The highest BCUT2D eigenvalue weighted by molar-refractivity contribution is 6.10. The van der Waals surface area contributed by atoms with E-state index in [4.69, 9.17) is 0 Å². The van der Waals surface area contributed by atoms with Crippen molar-refractivity contribution in [2.45, 2.75) is 59.3 Å². The average molecular weight is 381 g/mol. The number of hydrogen-bond donors (Lipinski definition) is 0. The second-order valence-electron chi connectivity index (χ2n) is 7.39. The summed E-state index contributed by atoms with van der Waals surface area (Å²) in [5, 5.41) is 9.13. The Morgan fingerprint density at radius 3 is 2.32 bits per heavy atom. The monoisotopic (exact) mass is 381 g/mol. The van der Waals surface area contributed by atoms with E-state index in [0.717, 1.165) is 60.9 Å². The zero-order valence-corrected chi connectivity index (χ0v) is 16.9. The molecule has 0 unspecified atom stereocenters. The van der Waals surface area contributed by atoms with Gasteiger partial charge in [-0.1, -0.05) is 39.5 Å². The molecule has 3 rings (SSSR count). The molecule has 1 aromatic carbocycles. The van der Waals surface area contributed by atoms with E-state index in [1.807, 2.05) is 17.6 Å². The summed E-state index contributed by atoms with van der Waals surface area (Å²) in [5.41, 5.74) is 2.98. The highest BCUT2D eigenvalue weighted by Crippen LogP contribution is 2.32. The molecule has 0 aliphatic heterocycles. The fourth-order valence-electron chi connectivity index (χ4n) is 3.88. The first-order valence-corrected chi connectivity index (χ1v) is 10.2. The van der Waals surface area contributed by atoms with Crippen molar-refractivity contribution in [1.29, 1.82) is 0 Å². The van der Waals surface area contributed by atoms with Crippen LogP contribution in [-0.2, 0) is 0 Å². The third-order valence-electron chi connectivity index (χ3n) is 5.39. The van der Waals surface area contributed by atoms with E-state index in [0.29, 0.717) is 5.65 Å². The minimum absolute atomic E-state index is 0.0269. The number of Topliss-reactive ketones (excluding diaryl/α,β-unsaturated/α-hetero) is 1. The maximum Gasteiger partial charge on any atom is 0.168 e. The molecule has 0 aliphatic carbocycles. The van der Waals surface area contributed by atoms with Crippen LogP contribution in [0.5, 0.6) is 0 Å². The van der Waals surface area contributed by atoms with Crippen molar-refractivity contribution < 1.29 is 9.18 Å². The minimum Gasteiger partial charge on any atom is -0.296 e. The van der Waals surface area contributed by atoms with Crippen LogP contribution in [0.3, 0.4) is 0 Å². The van der Waals surface area contributed by atoms with Gasteiger partial charge in [0.1, 0.15) is 5.82 Å². The molecule has 0 saturated heterocycles. The number of carbonyl (C=O) groups is 1. The minimum atomic E-state index is -0.292. The fraction of sp³-hybridized carbons (Fsp3) is 0.435. The number of unbranched alkanes of at least 4 members (excludes halogenated alkanes) is 2. The van der Waals surface area contributed by atoms with Gasteiger partial charge in [-0.05, 0) is 50.1 Å². The van der Waals surface area contributed by atoms with Gasteiger partial charge in [-0.15, -0.1) is 5.10 Å². The normalized spacial score (nSPS) is 11.5. The van der Waals surface area contributed by atoms with Crippen LogP contribution in [0.15, 0.2) is 36.5 Å². The van der Waals surface area contributed by atoms with Crippen molar-refractivity contribution in [2.24, 2.45) is 5.92 Å². The molecule has 5 heteroatoms. The molecule has 0 radical (unpaired) electrons. The van der Waals surface area contributed by atoms with Crippen LogP contribution in [0.25, 0.3) is 16.7 Å². The van der Waals surface area contributed by atoms with E-state index in [1.165, 1.54) is 12.1 Å². The maximum absolute atomic E-state index is 13.6. The summed E-state index contributed by atoms with van der Waals surface area (Å²) in [7, 11) is 0. The zero-order valence-electron chi connectivity index (χ0n) is 16.9. The van der Waals surface area contributed by atoms with Gasteiger partial charge in [0, 0.05) is 28.2 Å². The molecule has 2 aromatic heterocycles. The van der Waals surface area contributed by atoms with Crippen LogP contribution in [0.1, 0.15) is 68.4 Å². The molecule has 0 saturated carbocycles. The molecule has 3 aromatic rings. The number of fused-ring (bicyclic) bond motifs is 1. The predicted molar refractivity (Wildman–Crippen MR) is 110 cm³/mol. The molecule has 0 spiro atoms. The summed E-state index contributed by atoms with van der Waals surface area (Å²) in [5.74, 6) is -0.0725. The van der Waals surface area contributed by atoms with Gasteiger partial charge in [-0.25, -0.2) is 4.39 Å². The van der Waals surface area contributed by atoms with Crippen LogP contribution in [0.2, 0.25) is 0 Å². The van der Waals surface area contributed by atoms with E-state index in [1.54, 1.807) is 18.3 Å². The van der Waals surface area contributed by atoms with Crippen molar-refractivity contribution >= 4 is 16.8 Å². The summed E-state index contributed by atoms with van der Waals surface area (Å²) in [6.07, 6.45) is 7.72. The number of halogens is 1. The Balaban J connectivity index is 2.11. The molecule has 148 valence electrons. The number of rotatable bonds is 9. The van der Waals surface area contributed by atoms with Gasteiger partial charge in [0.05, 0.1) is 6.20 Å². The molecule has 0 aliphatic rings.